The molecule has 0 fully saturated rings. The van der Waals surface area contributed by atoms with Crippen LogP contribution in [0, 0.1) is 11.6 Å². The molecule has 17 heavy (non-hydrogen) atoms. The minimum atomic E-state index is -0.984. The van der Waals surface area contributed by atoms with Gasteiger partial charge in [-0.15, -0.1) is 0 Å². The van der Waals surface area contributed by atoms with Crippen molar-refractivity contribution in [1.82, 2.24) is 0 Å². The number of hydrogen-bond donors (Lipinski definition) is 1. The molecular weight excluding hydrogens is 224 g/mol. The van der Waals surface area contributed by atoms with E-state index in [1.54, 1.807) is 24.3 Å². The zero-order chi connectivity index (χ0) is 12.4. The van der Waals surface area contributed by atoms with E-state index in [2.05, 4.69) is 0 Å². The van der Waals surface area contributed by atoms with Gasteiger partial charge in [0.1, 0.15) is 0 Å². The second-order valence-electron chi connectivity index (χ2n) is 3.57. The van der Waals surface area contributed by atoms with Gasteiger partial charge in [-0.2, -0.15) is 4.39 Å². The lowest BCUT2D eigenvalue weighted by Crippen LogP contribution is -1.95. The predicted octanol–water partition coefficient (Wildman–Crippen LogP) is 3.22. The van der Waals surface area contributed by atoms with Crippen molar-refractivity contribution in [2.45, 2.75) is 0 Å². The molecule has 0 aliphatic heterocycles. The van der Waals surface area contributed by atoms with Gasteiger partial charge < -0.3 is 10.5 Å². The number of benzene rings is 2. The van der Waals surface area contributed by atoms with Crippen LogP contribution in [-0.4, -0.2) is 7.11 Å². The van der Waals surface area contributed by atoms with Gasteiger partial charge in [0.05, 0.1) is 7.11 Å². The molecule has 0 aliphatic rings. The third-order valence-electron chi connectivity index (χ3n) is 2.49. The van der Waals surface area contributed by atoms with E-state index in [0.29, 0.717) is 11.3 Å². The number of anilines is 1. The Balaban J connectivity index is 2.53. The van der Waals surface area contributed by atoms with Crippen LogP contribution in [-0.2, 0) is 0 Å². The van der Waals surface area contributed by atoms with Crippen molar-refractivity contribution in [2.24, 2.45) is 0 Å². The van der Waals surface area contributed by atoms with E-state index >= 15 is 0 Å². The Labute approximate surface area is 97.6 Å². The highest BCUT2D eigenvalue weighted by Crippen LogP contribution is 2.29. The molecule has 88 valence electrons. The number of nitrogens with two attached hydrogens (primary N) is 1. The zero-order valence-corrected chi connectivity index (χ0v) is 9.21. The van der Waals surface area contributed by atoms with Crippen LogP contribution in [0.1, 0.15) is 0 Å². The molecule has 0 bridgehead atoms. The molecule has 0 spiro atoms. The maximum Gasteiger partial charge on any atom is 0.201 e. The molecule has 0 saturated carbocycles. The fourth-order valence-corrected chi connectivity index (χ4v) is 1.58. The molecule has 4 heteroatoms. The Morgan fingerprint density at radius 3 is 2.18 bits per heavy atom. The summed E-state index contributed by atoms with van der Waals surface area (Å²) in [6.07, 6.45) is 0. The van der Waals surface area contributed by atoms with Gasteiger partial charge in [0.2, 0.25) is 5.82 Å². The fourth-order valence-electron chi connectivity index (χ4n) is 1.58. The monoisotopic (exact) mass is 235 g/mol. The van der Waals surface area contributed by atoms with E-state index in [1.807, 2.05) is 0 Å². The molecule has 2 aromatic carbocycles. The van der Waals surface area contributed by atoms with Gasteiger partial charge in [0.15, 0.2) is 11.6 Å². The molecule has 0 aliphatic carbocycles. The summed E-state index contributed by atoms with van der Waals surface area (Å²) in [5, 5.41) is 0. The average molecular weight is 235 g/mol. The van der Waals surface area contributed by atoms with Crippen LogP contribution >= 0.6 is 0 Å². The topological polar surface area (TPSA) is 35.2 Å². The summed E-state index contributed by atoms with van der Waals surface area (Å²) in [7, 11) is 1.29. The highest BCUT2D eigenvalue weighted by atomic mass is 19.2. The molecule has 0 amide bonds. The summed E-state index contributed by atoms with van der Waals surface area (Å²) in [6.45, 7) is 0. The summed E-state index contributed by atoms with van der Waals surface area (Å²) in [5.41, 5.74) is 6.85. The molecule has 2 N–H and O–H groups in total. The Morgan fingerprint density at radius 2 is 1.59 bits per heavy atom. The highest BCUT2D eigenvalue weighted by molar-refractivity contribution is 5.67. The maximum atomic E-state index is 13.7. The third kappa shape index (κ3) is 2.06. The summed E-state index contributed by atoms with van der Waals surface area (Å²) < 4.78 is 32.0. The number of halogens is 2. The van der Waals surface area contributed by atoms with E-state index < -0.39 is 11.6 Å². The number of nitrogen functional groups attached to an aromatic ring is 1. The van der Waals surface area contributed by atoms with E-state index in [-0.39, 0.29) is 11.3 Å². The largest absolute Gasteiger partial charge is 0.494 e. The van der Waals surface area contributed by atoms with Crippen LogP contribution in [0.25, 0.3) is 11.1 Å². The Hall–Kier alpha value is -2.10. The number of methoxy groups -OCH3 is 1. The number of rotatable bonds is 2. The van der Waals surface area contributed by atoms with Crippen molar-refractivity contribution in [3.8, 4) is 16.9 Å². The predicted molar refractivity (Wildman–Crippen MR) is 62.8 cm³/mol. The van der Waals surface area contributed by atoms with Crippen LogP contribution in [0.3, 0.4) is 0 Å². The first-order valence-corrected chi connectivity index (χ1v) is 5.01. The number of ether oxygens (including phenoxy) is 1. The summed E-state index contributed by atoms with van der Waals surface area (Å²) >= 11 is 0. The van der Waals surface area contributed by atoms with Gasteiger partial charge in [-0.3, -0.25) is 0 Å². The lowest BCUT2D eigenvalue weighted by atomic mass is 10.0. The molecule has 0 atom stereocenters. The van der Waals surface area contributed by atoms with Gasteiger partial charge in [-0.05, 0) is 29.8 Å². The lowest BCUT2D eigenvalue weighted by molar-refractivity contribution is 0.372. The molecule has 0 radical (unpaired) electrons. The molecule has 0 unspecified atom stereocenters. The van der Waals surface area contributed by atoms with Crippen LogP contribution in [0.4, 0.5) is 14.5 Å². The van der Waals surface area contributed by atoms with Gasteiger partial charge in [0.25, 0.3) is 0 Å². The van der Waals surface area contributed by atoms with Crippen molar-refractivity contribution < 1.29 is 13.5 Å². The maximum absolute atomic E-state index is 13.7. The first-order chi connectivity index (χ1) is 8.13. The van der Waals surface area contributed by atoms with Crippen molar-refractivity contribution in [1.29, 1.82) is 0 Å². The summed E-state index contributed by atoms with van der Waals surface area (Å²) in [5.74, 6) is -2.02. The highest BCUT2D eigenvalue weighted by Gasteiger charge is 2.14. The average Bonchev–Trinajstić information content (AvgIpc) is 2.34. The van der Waals surface area contributed by atoms with E-state index in [1.165, 1.54) is 19.2 Å². The van der Waals surface area contributed by atoms with Gasteiger partial charge in [-0.1, -0.05) is 12.1 Å². The zero-order valence-electron chi connectivity index (χ0n) is 9.21. The van der Waals surface area contributed by atoms with Crippen LogP contribution in [0.2, 0.25) is 0 Å². The first kappa shape index (κ1) is 11.4. The first-order valence-electron chi connectivity index (χ1n) is 5.01. The molecule has 0 aromatic heterocycles. The Bertz CT molecular complexity index is 538. The van der Waals surface area contributed by atoms with Gasteiger partial charge in [-0.25, -0.2) is 4.39 Å². The van der Waals surface area contributed by atoms with Crippen molar-refractivity contribution in [2.75, 3.05) is 12.8 Å². The minimum absolute atomic E-state index is 0.110. The standard InChI is InChI=1S/C13H11F2NO/c1-17-11-7-6-10(12(14)13(11)15)8-2-4-9(16)5-3-8/h2-7H,16H2,1H3. The smallest absolute Gasteiger partial charge is 0.201 e. The summed E-state index contributed by atoms with van der Waals surface area (Å²) in [4.78, 5) is 0. The normalized spacial score (nSPS) is 10.3. The second-order valence-corrected chi connectivity index (χ2v) is 3.57. The molecule has 0 heterocycles. The van der Waals surface area contributed by atoms with Crippen molar-refractivity contribution in [3.63, 3.8) is 0 Å². The molecule has 0 saturated heterocycles. The van der Waals surface area contributed by atoms with Crippen LogP contribution < -0.4 is 10.5 Å². The van der Waals surface area contributed by atoms with Crippen molar-refractivity contribution >= 4 is 5.69 Å². The molecular formula is C13H11F2NO. The van der Waals surface area contributed by atoms with Crippen LogP contribution in [0.15, 0.2) is 36.4 Å². The molecule has 2 nitrogen and oxygen atoms in total. The van der Waals surface area contributed by atoms with E-state index in [0.717, 1.165) is 0 Å². The Kier molecular flexibility index (Phi) is 2.95. The summed E-state index contributed by atoms with van der Waals surface area (Å²) in [6, 6.07) is 9.42. The quantitative estimate of drug-likeness (QED) is 0.811. The van der Waals surface area contributed by atoms with E-state index in [4.69, 9.17) is 10.5 Å². The van der Waals surface area contributed by atoms with Crippen LogP contribution in [0.5, 0.6) is 5.75 Å². The van der Waals surface area contributed by atoms with E-state index in [9.17, 15) is 8.78 Å². The van der Waals surface area contributed by atoms with Crippen molar-refractivity contribution in [3.05, 3.63) is 48.0 Å². The SMILES string of the molecule is COc1ccc(-c2ccc(N)cc2)c(F)c1F. The molecule has 2 aromatic rings. The van der Waals surface area contributed by atoms with Gasteiger partial charge >= 0.3 is 0 Å². The number of hydrogen-bond acceptors (Lipinski definition) is 2. The fraction of sp³-hybridized carbons (Fsp3) is 0.0769. The minimum Gasteiger partial charge on any atom is -0.494 e. The van der Waals surface area contributed by atoms with Gasteiger partial charge in [0, 0.05) is 11.3 Å². The molecule has 2 rings (SSSR count). The Morgan fingerprint density at radius 1 is 0.941 bits per heavy atom. The second kappa shape index (κ2) is 4.41. The lowest BCUT2D eigenvalue weighted by Gasteiger charge is -2.08. The third-order valence-corrected chi connectivity index (χ3v) is 2.49.